The summed E-state index contributed by atoms with van der Waals surface area (Å²) in [6, 6.07) is 2.05. The molecule has 0 spiro atoms. The highest BCUT2D eigenvalue weighted by Gasteiger charge is 2.11. The molecule has 0 saturated carbocycles. The van der Waals surface area contributed by atoms with Gasteiger partial charge in [0.25, 0.3) is 0 Å². The molecule has 0 heterocycles. The Kier molecular flexibility index (Phi) is 3.96. The molecule has 0 aromatic heterocycles. The molecule has 0 aliphatic carbocycles. The van der Waals surface area contributed by atoms with E-state index in [1.54, 1.807) is 7.11 Å². The summed E-state index contributed by atoms with van der Waals surface area (Å²) < 4.78 is 6.40. The zero-order valence-electron chi connectivity index (χ0n) is 8.72. The predicted octanol–water partition coefficient (Wildman–Crippen LogP) is 2.61. The molecule has 3 heteroatoms. The summed E-state index contributed by atoms with van der Waals surface area (Å²) in [4.78, 5) is 0. The van der Waals surface area contributed by atoms with Crippen LogP contribution < -0.4 is 4.74 Å². The second-order valence-corrected chi connectivity index (χ2v) is 4.09. The molecule has 0 fully saturated rings. The number of methoxy groups -OCH3 is 1. The summed E-state index contributed by atoms with van der Waals surface area (Å²) in [5.41, 5.74) is 3.33. The first-order chi connectivity index (χ1) is 6.61. The Morgan fingerprint density at radius 2 is 2.07 bits per heavy atom. The number of halogens is 1. The van der Waals surface area contributed by atoms with Crippen molar-refractivity contribution in [1.82, 2.24) is 0 Å². The smallest absolute Gasteiger partial charge is 0.126 e. The maximum absolute atomic E-state index is 8.92. The third kappa shape index (κ3) is 2.10. The molecule has 2 nitrogen and oxygen atoms in total. The molecule has 1 aromatic rings. The van der Waals surface area contributed by atoms with Gasteiger partial charge in [0.05, 0.1) is 7.11 Å². The molecule has 78 valence electrons. The van der Waals surface area contributed by atoms with Crippen LogP contribution in [0.5, 0.6) is 5.75 Å². The average Bonchev–Trinajstić information content (AvgIpc) is 2.16. The van der Waals surface area contributed by atoms with Gasteiger partial charge in [-0.3, -0.25) is 0 Å². The van der Waals surface area contributed by atoms with E-state index in [1.807, 2.05) is 19.9 Å². The van der Waals surface area contributed by atoms with E-state index in [4.69, 9.17) is 9.84 Å². The topological polar surface area (TPSA) is 29.5 Å². The zero-order valence-corrected chi connectivity index (χ0v) is 10.3. The Morgan fingerprint density at radius 3 is 2.57 bits per heavy atom. The van der Waals surface area contributed by atoms with E-state index in [0.29, 0.717) is 6.42 Å². The Balaban J connectivity index is 3.28. The largest absolute Gasteiger partial charge is 0.496 e. The molecule has 1 aromatic carbocycles. The molecular formula is C11H15BrO2. The molecule has 1 rings (SSSR count). The normalized spacial score (nSPS) is 10.4. The summed E-state index contributed by atoms with van der Waals surface area (Å²) >= 11 is 3.51. The van der Waals surface area contributed by atoms with E-state index in [9.17, 15) is 0 Å². The number of hydrogen-bond acceptors (Lipinski definition) is 2. The van der Waals surface area contributed by atoms with Crippen LogP contribution in [0.15, 0.2) is 10.5 Å². The molecule has 0 atom stereocenters. The van der Waals surface area contributed by atoms with Gasteiger partial charge in [-0.25, -0.2) is 0 Å². The summed E-state index contributed by atoms with van der Waals surface area (Å²) in [5, 5.41) is 8.92. The van der Waals surface area contributed by atoms with Crippen molar-refractivity contribution >= 4 is 15.9 Å². The maximum Gasteiger partial charge on any atom is 0.126 e. The van der Waals surface area contributed by atoms with Gasteiger partial charge < -0.3 is 9.84 Å². The van der Waals surface area contributed by atoms with Gasteiger partial charge in [0, 0.05) is 16.6 Å². The van der Waals surface area contributed by atoms with Crippen LogP contribution in [0.2, 0.25) is 0 Å². The Bertz CT molecular complexity index is 335. The van der Waals surface area contributed by atoms with Crippen molar-refractivity contribution in [2.24, 2.45) is 0 Å². The van der Waals surface area contributed by atoms with Crippen molar-refractivity contribution in [3.05, 3.63) is 27.2 Å². The van der Waals surface area contributed by atoms with E-state index in [2.05, 4.69) is 15.9 Å². The maximum atomic E-state index is 8.92. The lowest BCUT2D eigenvalue weighted by atomic mass is 10.0. The third-order valence-corrected chi connectivity index (χ3v) is 3.50. The third-order valence-electron chi connectivity index (χ3n) is 2.28. The lowest BCUT2D eigenvalue weighted by Crippen LogP contribution is -2.00. The minimum atomic E-state index is 0.150. The first kappa shape index (κ1) is 11.5. The Labute approximate surface area is 93.0 Å². The van der Waals surface area contributed by atoms with Gasteiger partial charge in [0.1, 0.15) is 5.75 Å². The molecule has 0 radical (unpaired) electrons. The van der Waals surface area contributed by atoms with Gasteiger partial charge in [-0.1, -0.05) is 22.0 Å². The fourth-order valence-electron chi connectivity index (χ4n) is 1.62. The summed E-state index contributed by atoms with van der Waals surface area (Å²) in [6.07, 6.45) is 0.637. The molecule has 1 N–H and O–H groups in total. The SMILES string of the molecule is COc1c(CCO)cc(C)c(Br)c1C. The van der Waals surface area contributed by atoms with Crippen molar-refractivity contribution in [3.63, 3.8) is 0 Å². The van der Waals surface area contributed by atoms with E-state index in [1.165, 1.54) is 5.56 Å². The van der Waals surface area contributed by atoms with Crippen LogP contribution in [0, 0.1) is 13.8 Å². The van der Waals surface area contributed by atoms with E-state index < -0.39 is 0 Å². The number of benzene rings is 1. The number of hydrogen-bond donors (Lipinski definition) is 1. The van der Waals surface area contributed by atoms with Crippen LogP contribution in [0.4, 0.5) is 0 Å². The van der Waals surface area contributed by atoms with Crippen molar-refractivity contribution in [1.29, 1.82) is 0 Å². The zero-order chi connectivity index (χ0) is 10.7. The minimum absolute atomic E-state index is 0.150. The van der Waals surface area contributed by atoms with Crippen LogP contribution in [-0.4, -0.2) is 18.8 Å². The first-order valence-corrected chi connectivity index (χ1v) is 5.34. The standard InChI is InChI=1S/C11H15BrO2/c1-7-6-9(4-5-13)11(14-3)8(2)10(7)12/h6,13H,4-5H2,1-3H3. The highest BCUT2D eigenvalue weighted by atomic mass is 79.9. The summed E-state index contributed by atoms with van der Waals surface area (Å²) in [6.45, 7) is 4.20. The molecule has 0 aliphatic rings. The lowest BCUT2D eigenvalue weighted by molar-refractivity contribution is 0.296. The number of ether oxygens (including phenoxy) is 1. The van der Waals surface area contributed by atoms with E-state index in [-0.39, 0.29) is 6.61 Å². The van der Waals surface area contributed by atoms with Crippen LogP contribution in [0.25, 0.3) is 0 Å². The number of aryl methyl sites for hydroxylation is 1. The monoisotopic (exact) mass is 258 g/mol. The van der Waals surface area contributed by atoms with Crippen LogP contribution in [0.1, 0.15) is 16.7 Å². The fraction of sp³-hybridized carbons (Fsp3) is 0.455. The fourth-order valence-corrected chi connectivity index (χ4v) is 1.91. The molecule has 14 heavy (non-hydrogen) atoms. The van der Waals surface area contributed by atoms with Crippen molar-refractivity contribution in [2.75, 3.05) is 13.7 Å². The first-order valence-electron chi connectivity index (χ1n) is 4.55. The lowest BCUT2D eigenvalue weighted by Gasteiger charge is -2.14. The van der Waals surface area contributed by atoms with Gasteiger partial charge in [-0.15, -0.1) is 0 Å². The Hall–Kier alpha value is -0.540. The van der Waals surface area contributed by atoms with Crippen molar-refractivity contribution < 1.29 is 9.84 Å². The molecule has 0 unspecified atom stereocenters. The summed E-state index contributed by atoms with van der Waals surface area (Å²) in [7, 11) is 1.66. The van der Waals surface area contributed by atoms with Gasteiger partial charge in [-0.05, 0) is 31.4 Å². The molecule has 0 bridgehead atoms. The number of aliphatic hydroxyl groups is 1. The second-order valence-electron chi connectivity index (χ2n) is 3.30. The highest BCUT2D eigenvalue weighted by Crippen LogP contribution is 2.32. The van der Waals surface area contributed by atoms with Gasteiger partial charge in [0.15, 0.2) is 0 Å². The van der Waals surface area contributed by atoms with E-state index in [0.717, 1.165) is 21.3 Å². The van der Waals surface area contributed by atoms with Crippen LogP contribution >= 0.6 is 15.9 Å². The number of aliphatic hydroxyl groups excluding tert-OH is 1. The van der Waals surface area contributed by atoms with Gasteiger partial charge in [-0.2, -0.15) is 0 Å². The summed E-state index contributed by atoms with van der Waals surface area (Å²) in [5.74, 6) is 0.872. The van der Waals surface area contributed by atoms with Gasteiger partial charge in [0.2, 0.25) is 0 Å². The molecular weight excluding hydrogens is 244 g/mol. The minimum Gasteiger partial charge on any atom is -0.496 e. The van der Waals surface area contributed by atoms with E-state index >= 15 is 0 Å². The molecule has 0 saturated heterocycles. The van der Waals surface area contributed by atoms with Crippen molar-refractivity contribution in [2.45, 2.75) is 20.3 Å². The average molecular weight is 259 g/mol. The predicted molar refractivity (Wildman–Crippen MR) is 61.0 cm³/mol. The van der Waals surface area contributed by atoms with Crippen molar-refractivity contribution in [3.8, 4) is 5.75 Å². The highest BCUT2D eigenvalue weighted by molar-refractivity contribution is 9.10. The Morgan fingerprint density at radius 1 is 1.43 bits per heavy atom. The van der Waals surface area contributed by atoms with Crippen LogP contribution in [-0.2, 0) is 6.42 Å². The molecule has 0 amide bonds. The number of rotatable bonds is 3. The quantitative estimate of drug-likeness (QED) is 0.904. The van der Waals surface area contributed by atoms with Crippen LogP contribution in [0.3, 0.4) is 0 Å². The van der Waals surface area contributed by atoms with Gasteiger partial charge >= 0.3 is 0 Å². The second kappa shape index (κ2) is 4.80. The molecule has 0 aliphatic heterocycles.